The van der Waals surface area contributed by atoms with E-state index in [0.717, 1.165) is 4.31 Å². The van der Waals surface area contributed by atoms with Gasteiger partial charge in [-0.25, -0.2) is 16.8 Å². The Kier molecular flexibility index (Phi) is 5.95. The molecule has 2 N–H and O–H groups in total. The lowest BCUT2D eigenvalue weighted by Crippen LogP contribution is -2.44. The first-order valence-corrected chi connectivity index (χ1v) is 11.1. The van der Waals surface area contributed by atoms with Gasteiger partial charge in [-0.3, -0.25) is 4.79 Å². The van der Waals surface area contributed by atoms with Gasteiger partial charge in [0.15, 0.2) is 9.84 Å². The van der Waals surface area contributed by atoms with Crippen molar-refractivity contribution in [3.63, 3.8) is 0 Å². The molecular weight excluding hydrogens is 384 g/mol. The molecule has 0 aliphatic carbocycles. The Balaban J connectivity index is 2.47. The number of sulfone groups is 1. The number of aliphatic hydroxyl groups is 1. The summed E-state index contributed by atoms with van der Waals surface area (Å²) in [6.45, 7) is 3.19. The smallest absolute Gasteiger partial charge is 0.246 e. The molecule has 0 aromatic heterocycles. The van der Waals surface area contributed by atoms with E-state index in [1.165, 1.54) is 32.2 Å². The van der Waals surface area contributed by atoms with Gasteiger partial charge >= 0.3 is 0 Å². The first-order valence-electron chi connectivity index (χ1n) is 7.89. The molecule has 26 heavy (non-hydrogen) atoms. The molecule has 146 valence electrons. The lowest BCUT2D eigenvalue weighted by atomic mass is 10.2. The lowest BCUT2D eigenvalue weighted by Gasteiger charge is -2.26. The lowest BCUT2D eigenvalue weighted by molar-refractivity contribution is -0.114. The fourth-order valence-corrected chi connectivity index (χ4v) is 6.23. The Labute approximate surface area is 152 Å². The van der Waals surface area contributed by atoms with E-state index in [1.54, 1.807) is 6.92 Å². The van der Waals surface area contributed by atoms with Crippen molar-refractivity contribution >= 4 is 31.5 Å². The van der Waals surface area contributed by atoms with Crippen LogP contribution in [0.4, 0.5) is 5.69 Å². The third-order valence-electron chi connectivity index (χ3n) is 3.98. The summed E-state index contributed by atoms with van der Waals surface area (Å²) in [5.41, 5.74) is 0.257. The number of sulfonamides is 1. The number of hydrogen-bond donors (Lipinski definition) is 2. The number of amides is 1. The summed E-state index contributed by atoms with van der Waals surface area (Å²) in [6, 6.07) is 3.06. The van der Waals surface area contributed by atoms with Gasteiger partial charge < -0.3 is 15.2 Å². The molecule has 1 amide bonds. The van der Waals surface area contributed by atoms with Crippen molar-refractivity contribution in [2.45, 2.75) is 30.9 Å². The van der Waals surface area contributed by atoms with Crippen LogP contribution in [0, 0.1) is 0 Å². The molecule has 11 heteroatoms. The summed E-state index contributed by atoms with van der Waals surface area (Å²) < 4.78 is 55.7. The maximum absolute atomic E-state index is 13.0. The Morgan fingerprint density at radius 3 is 2.54 bits per heavy atom. The van der Waals surface area contributed by atoms with Crippen LogP contribution in [-0.4, -0.2) is 69.5 Å². The molecule has 9 nitrogen and oxygen atoms in total. The molecule has 1 aromatic rings. The zero-order chi connectivity index (χ0) is 19.7. The molecule has 1 saturated heterocycles. The molecule has 0 spiro atoms. The van der Waals surface area contributed by atoms with E-state index < -0.39 is 43.5 Å². The highest BCUT2D eigenvalue weighted by Gasteiger charge is 2.43. The fraction of sp³-hybridized carbons (Fsp3) is 0.533. The number of carbonyl (C=O) groups excluding carboxylic acids is 1. The van der Waals surface area contributed by atoms with E-state index in [9.17, 15) is 26.7 Å². The van der Waals surface area contributed by atoms with Crippen molar-refractivity contribution in [3.8, 4) is 5.75 Å². The highest BCUT2D eigenvalue weighted by atomic mass is 32.2. The predicted octanol–water partition coefficient (Wildman–Crippen LogP) is -0.178. The maximum Gasteiger partial charge on any atom is 0.246 e. The van der Waals surface area contributed by atoms with Crippen molar-refractivity contribution in [1.29, 1.82) is 0 Å². The topological polar surface area (TPSA) is 130 Å². The minimum Gasteiger partial charge on any atom is -0.492 e. The van der Waals surface area contributed by atoms with Gasteiger partial charge in [0.2, 0.25) is 15.9 Å². The van der Waals surface area contributed by atoms with Crippen LogP contribution in [0.25, 0.3) is 0 Å². The number of ether oxygens (including phenoxy) is 1. The van der Waals surface area contributed by atoms with Crippen LogP contribution in [0.5, 0.6) is 5.75 Å². The van der Waals surface area contributed by atoms with Crippen LogP contribution in [0.15, 0.2) is 23.1 Å². The second kappa shape index (κ2) is 7.51. The molecule has 1 aliphatic rings. The molecule has 2 atom stereocenters. The van der Waals surface area contributed by atoms with Gasteiger partial charge in [0.25, 0.3) is 0 Å². The van der Waals surface area contributed by atoms with Crippen LogP contribution in [-0.2, 0) is 24.7 Å². The number of anilines is 1. The van der Waals surface area contributed by atoms with Gasteiger partial charge in [-0.05, 0) is 25.1 Å². The quantitative estimate of drug-likeness (QED) is 0.670. The van der Waals surface area contributed by atoms with Gasteiger partial charge in [0.1, 0.15) is 10.6 Å². The molecule has 0 radical (unpaired) electrons. The molecule has 2 rings (SSSR count). The number of hydrogen-bond acceptors (Lipinski definition) is 7. The second-order valence-corrected chi connectivity index (χ2v) is 10.1. The Bertz CT molecular complexity index is 897. The van der Waals surface area contributed by atoms with E-state index in [4.69, 9.17) is 4.74 Å². The Morgan fingerprint density at radius 2 is 2.04 bits per heavy atom. The Hall–Kier alpha value is -1.69. The minimum absolute atomic E-state index is 0.0730. The standard InChI is InChI=1S/C15H22N2O7S2/c1-4-24-14-6-5-11(16-10(2)18)7-15(14)26(22,23)17(3)12-8-25(20,21)9-13(12)19/h5-7,12-13,19H,4,8-9H2,1-3H3,(H,16,18). The van der Waals surface area contributed by atoms with Gasteiger partial charge in [-0.1, -0.05) is 0 Å². The SMILES string of the molecule is CCOc1ccc(NC(C)=O)cc1S(=O)(=O)N(C)C1CS(=O)(=O)CC1O. The first-order chi connectivity index (χ1) is 12.0. The van der Waals surface area contributed by atoms with Crippen molar-refractivity contribution in [2.75, 3.05) is 30.5 Å². The molecule has 1 aromatic carbocycles. The highest BCUT2D eigenvalue weighted by Crippen LogP contribution is 2.32. The van der Waals surface area contributed by atoms with Crippen LogP contribution in [0.2, 0.25) is 0 Å². The van der Waals surface area contributed by atoms with Gasteiger partial charge in [0.05, 0.1) is 30.3 Å². The highest BCUT2D eigenvalue weighted by molar-refractivity contribution is 7.92. The van der Waals surface area contributed by atoms with Gasteiger partial charge in [0, 0.05) is 19.7 Å². The third kappa shape index (κ3) is 4.34. The largest absolute Gasteiger partial charge is 0.492 e. The molecule has 1 aliphatic heterocycles. The summed E-state index contributed by atoms with van der Waals surface area (Å²) in [6.07, 6.45) is -1.31. The van der Waals surface area contributed by atoms with Crippen molar-refractivity contribution in [1.82, 2.24) is 4.31 Å². The third-order valence-corrected chi connectivity index (χ3v) is 7.58. The number of aliphatic hydroxyl groups excluding tert-OH is 1. The minimum atomic E-state index is -4.18. The van der Waals surface area contributed by atoms with Crippen molar-refractivity contribution in [3.05, 3.63) is 18.2 Å². The van der Waals surface area contributed by atoms with Gasteiger partial charge in [-0.2, -0.15) is 4.31 Å². The zero-order valence-electron chi connectivity index (χ0n) is 14.7. The number of nitrogens with zero attached hydrogens (tertiary/aromatic N) is 1. The van der Waals surface area contributed by atoms with E-state index in [2.05, 4.69) is 5.32 Å². The van der Waals surface area contributed by atoms with Crippen LogP contribution >= 0.6 is 0 Å². The molecule has 2 unspecified atom stereocenters. The van der Waals surface area contributed by atoms with Crippen LogP contribution in [0.1, 0.15) is 13.8 Å². The number of nitrogens with one attached hydrogen (secondary N) is 1. The van der Waals surface area contributed by atoms with Crippen molar-refractivity contribution < 1.29 is 31.5 Å². The average Bonchev–Trinajstić information content (AvgIpc) is 2.80. The van der Waals surface area contributed by atoms with Crippen LogP contribution in [0.3, 0.4) is 0 Å². The number of benzene rings is 1. The summed E-state index contributed by atoms with van der Waals surface area (Å²) in [4.78, 5) is 11.0. The van der Waals surface area contributed by atoms with E-state index in [1.807, 2.05) is 0 Å². The summed E-state index contributed by atoms with van der Waals surface area (Å²) in [5, 5.41) is 12.5. The molecular formula is C15H22N2O7S2. The number of carbonyl (C=O) groups is 1. The second-order valence-electron chi connectivity index (χ2n) is 6.01. The van der Waals surface area contributed by atoms with E-state index in [-0.39, 0.29) is 28.8 Å². The summed E-state index contributed by atoms with van der Waals surface area (Å²) in [5.74, 6) is -1.24. The van der Waals surface area contributed by atoms with E-state index >= 15 is 0 Å². The number of likely N-dealkylation sites (N-methyl/N-ethyl adjacent to an activating group) is 1. The zero-order valence-corrected chi connectivity index (χ0v) is 16.3. The average molecular weight is 406 g/mol. The molecule has 1 fully saturated rings. The Morgan fingerprint density at radius 1 is 1.38 bits per heavy atom. The van der Waals surface area contributed by atoms with E-state index in [0.29, 0.717) is 0 Å². The molecule has 0 bridgehead atoms. The van der Waals surface area contributed by atoms with Crippen LogP contribution < -0.4 is 10.1 Å². The first kappa shape index (κ1) is 20.6. The maximum atomic E-state index is 13.0. The molecule has 1 heterocycles. The number of rotatable bonds is 6. The normalized spacial score (nSPS) is 22.3. The monoisotopic (exact) mass is 406 g/mol. The molecule has 0 saturated carbocycles. The van der Waals surface area contributed by atoms with Gasteiger partial charge in [-0.15, -0.1) is 0 Å². The fourth-order valence-electron chi connectivity index (χ4n) is 2.76. The predicted molar refractivity (Wildman–Crippen MR) is 95.3 cm³/mol. The summed E-state index contributed by atoms with van der Waals surface area (Å²) >= 11 is 0. The summed E-state index contributed by atoms with van der Waals surface area (Å²) in [7, 11) is -6.49. The van der Waals surface area contributed by atoms with Crippen molar-refractivity contribution in [2.24, 2.45) is 0 Å².